The van der Waals surface area contributed by atoms with Crippen molar-refractivity contribution in [2.45, 2.75) is 50.2 Å². The molecule has 10 nitrogen and oxygen atoms in total. The van der Waals surface area contributed by atoms with E-state index in [-0.39, 0.29) is 29.6 Å². The van der Waals surface area contributed by atoms with Gasteiger partial charge in [-0.2, -0.15) is 13.1 Å². The van der Waals surface area contributed by atoms with Gasteiger partial charge in [0.05, 0.1) is 17.6 Å². The zero-order valence-corrected chi connectivity index (χ0v) is 22.5. The normalized spacial score (nSPS) is 22.6. The van der Waals surface area contributed by atoms with Crippen molar-refractivity contribution in [3.8, 4) is 0 Å². The molecular formula is C24H27BrFN5O5S. The van der Waals surface area contributed by atoms with E-state index < -0.39 is 34.7 Å². The maximum Gasteiger partial charge on any atom is 0.335 e. The Labute approximate surface area is 222 Å². The predicted molar refractivity (Wildman–Crippen MR) is 138 cm³/mol. The number of aromatic nitrogens is 3. The molecule has 4 rings (SSSR count). The van der Waals surface area contributed by atoms with Crippen LogP contribution in [0.2, 0.25) is 0 Å². The molecule has 1 saturated carbocycles. The number of carbonyl (C=O) groups is 1. The molecule has 0 unspecified atom stereocenters. The smallest absolute Gasteiger partial charge is 0.335 e. The Balaban J connectivity index is 1.54. The van der Waals surface area contributed by atoms with E-state index in [2.05, 4.69) is 38.1 Å². The van der Waals surface area contributed by atoms with Crippen molar-refractivity contribution in [3.63, 3.8) is 0 Å². The van der Waals surface area contributed by atoms with Crippen LogP contribution in [0.5, 0.6) is 0 Å². The summed E-state index contributed by atoms with van der Waals surface area (Å²) in [5, 5.41) is 13.0. The van der Waals surface area contributed by atoms with Gasteiger partial charge in [-0.15, -0.1) is 0 Å². The highest BCUT2D eigenvalue weighted by Crippen LogP contribution is 2.31. The van der Waals surface area contributed by atoms with E-state index >= 15 is 0 Å². The maximum atomic E-state index is 14.8. The van der Waals surface area contributed by atoms with Gasteiger partial charge in [0.1, 0.15) is 30.5 Å². The molecule has 2 heterocycles. The summed E-state index contributed by atoms with van der Waals surface area (Å²) in [4.78, 5) is 21.5. The maximum absolute atomic E-state index is 14.8. The number of anilines is 1. The van der Waals surface area contributed by atoms with Gasteiger partial charge < -0.3 is 15.0 Å². The second-order valence-corrected chi connectivity index (χ2v) is 11.1. The van der Waals surface area contributed by atoms with Crippen LogP contribution in [0.1, 0.15) is 47.3 Å². The van der Waals surface area contributed by atoms with Gasteiger partial charge >= 0.3 is 10.3 Å². The molecule has 37 heavy (non-hydrogen) atoms. The third-order valence-electron chi connectivity index (χ3n) is 6.31. The molecule has 2 aromatic heterocycles. The topological polar surface area (TPSA) is 135 Å². The lowest BCUT2D eigenvalue weighted by atomic mass is 10.0. The quantitative estimate of drug-likeness (QED) is 0.304. The van der Waals surface area contributed by atoms with E-state index in [1.807, 2.05) is 39.8 Å². The summed E-state index contributed by atoms with van der Waals surface area (Å²) in [5.74, 6) is -0.297. The molecule has 0 amide bonds. The fraction of sp³-hybridized carbons (Fsp3) is 0.375. The minimum absolute atomic E-state index is 0.0155. The van der Waals surface area contributed by atoms with Crippen molar-refractivity contribution in [3.05, 3.63) is 76.4 Å². The first kappa shape index (κ1) is 27.3. The van der Waals surface area contributed by atoms with E-state index in [4.69, 9.17) is 4.18 Å². The summed E-state index contributed by atoms with van der Waals surface area (Å²) in [6, 6.07) is 8.63. The van der Waals surface area contributed by atoms with E-state index in [0.29, 0.717) is 5.56 Å². The van der Waals surface area contributed by atoms with Crippen LogP contribution in [0, 0.1) is 0 Å². The molecule has 3 aromatic rings. The zero-order chi connectivity index (χ0) is 26.7. The first-order valence-electron chi connectivity index (χ1n) is 11.6. The van der Waals surface area contributed by atoms with Crippen LogP contribution in [0.3, 0.4) is 0 Å². The Hall–Kier alpha value is -2.71. The number of aliphatic hydroxyl groups excluding tert-OH is 1. The van der Waals surface area contributed by atoms with Gasteiger partial charge in [-0.3, -0.25) is 8.98 Å². The second kappa shape index (κ2) is 11.4. The zero-order valence-electron chi connectivity index (χ0n) is 20.1. The molecule has 1 aliphatic rings. The molecule has 1 aromatic carbocycles. The van der Waals surface area contributed by atoms with Gasteiger partial charge in [-0.05, 0) is 30.2 Å². The minimum Gasteiger partial charge on any atom is -0.387 e. The number of carbonyl (C=O) groups excluding carboxylic acids is 1. The van der Waals surface area contributed by atoms with E-state index in [1.54, 1.807) is 12.3 Å². The lowest BCUT2D eigenvalue weighted by Crippen LogP contribution is -2.35. The molecule has 5 atom stereocenters. The number of alkyl halides is 1. The summed E-state index contributed by atoms with van der Waals surface area (Å²) in [7, 11) is -2.99. The van der Waals surface area contributed by atoms with Crippen molar-refractivity contribution in [2.75, 3.05) is 12.4 Å². The highest BCUT2D eigenvalue weighted by molar-refractivity contribution is 9.10. The molecule has 13 heteroatoms. The average Bonchev–Trinajstić information content (AvgIpc) is 3.46. The molecule has 0 aliphatic heterocycles. The number of benzene rings is 1. The van der Waals surface area contributed by atoms with Crippen LogP contribution in [0.4, 0.5) is 10.2 Å². The number of rotatable bonds is 10. The number of nitrogens with zero attached hydrogens (tertiary/aromatic N) is 3. The Bertz CT molecular complexity index is 1370. The Kier molecular flexibility index (Phi) is 8.39. The van der Waals surface area contributed by atoms with Gasteiger partial charge in [0.15, 0.2) is 5.78 Å². The first-order valence-corrected chi connectivity index (χ1v) is 13.8. The van der Waals surface area contributed by atoms with Crippen molar-refractivity contribution in [2.24, 2.45) is 0 Å². The van der Waals surface area contributed by atoms with E-state index in [1.165, 1.54) is 12.5 Å². The number of ketones is 1. The highest BCUT2D eigenvalue weighted by Gasteiger charge is 2.46. The third-order valence-corrected chi connectivity index (χ3v) is 7.81. The molecule has 0 spiro atoms. The third kappa shape index (κ3) is 6.07. The van der Waals surface area contributed by atoms with E-state index in [9.17, 15) is 22.7 Å². The number of nitrogens with one attached hydrogen (secondary N) is 2. The van der Waals surface area contributed by atoms with E-state index in [0.717, 1.165) is 23.5 Å². The minimum atomic E-state index is -4.13. The monoisotopic (exact) mass is 595 g/mol. The van der Waals surface area contributed by atoms with Crippen molar-refractivity contribution < 1.29 is 26.9 Å². The molecule has 1 fully saturated rings. The fourth-order valence-corrected chi connectivity index (χ4v) is 5.45. The molecule has 0 saturated heterocycles. The molecular weight excluding hydrogens is 569 g/mol. The van der Waals surface area contributed by atoms with Crippen molar-refractivity contribution in [1.82, 2.24) is 19.3 Å². The van der Waals surface area contributed by atoms with Crippen LogP contribution in [0.15, 0.2) is 59.7 Å². The van der Waals surface area contributed by atoms with Crippen LogP contribution in [-0.2, 0) is 14.5 Å². The summed E-state index contributed by atoms with van der Waals surface area (Å²) in [5.41, 5.74) is 1.60. The molecule has 3 N–H and O–H groups in total. The summed E-state index contributed by atoms with van der Waals surface area (Å²) in [6.45, 7) is 2.06. The number of hydrogen-bond acceptors (Lipinski definition) is 8. The van der Waals surface area contributed by atoms with Gasteiger partial charge in [0.2, 0.25) is 0 Å². The van der Waals surface area contributed by atoms with Gasteiger partial charge in [-0.1, -0.05) is 35.0 Å². The van der Waals surface area contributed by atoms with Crippen LogP contribution < -0.4 is 10.0 Å². The molecule has 198 valence electrons. The molecule has 1 aliphatic carbocycles. The summed E-state index contributed by atoms with van der Waals surface area (Å²) < 4.78 is 48.0. The van der Waals surface area contributed by atoms with Gasteiger partial charge in [0.25, 0.3) is 0 Å². The SMILES string of the molecule is CC[C@@H](c1cccc(Br)c1)n1ccc(C(=O)c2cncnc2N[C@@H]2C[C@@H](OS(=O)(=O)NC)[C@@H](O)[C@@H]2F)c1. The Morgan fingerprint density at radius 1 is 1.38 bits per heavy atom. The van der Waals surface area contributed by atoms with Crippen LogP contribution in [-0.4, -0.2) is 65.3 Å². The largest absolute Gasteiger partial charge is 0.387 e. The average molecular weight is 596 g/mol. The first-order chi connectivity index (χ1) is 17.6. The second-order valence-electron chi connectivity index (χ2n) is 8.66. The highest BCUT2D eigenvalue weighted by atomic mass is 79.9. The Morgan fingerprint density at radius 2 is 2.16 bits per heavy atom. The van der Waals surface area contributed by atoms with Gasteiger partial charge in [-0.25, -0.2) is 14.4 Å². The number of halogens is 2. The van der Waals surface area contributed by atoms with Crippen LogP contribution in [0.25, 0.3) is 0 Å². The van der Waals surface area contributed by atoms with Crippen molar-refractivity contribution in [1.29, 1.82) is 0 Å². The van der Waals surface area contributed by atoms with Gasteiger partial charge in [0, 0.05) is 42.1 Å². The predicted octanol–water partition coefficient (Wildman–Crippen LogP) is 3.00. The summed E-state index contributed by atoms with van der Waals surface area (Å²) >= 11 is 3.50. The van der Waals surface area contributed by atoms with Crippen molar-refractivity contribution >= 4 is 37.8 Å². The fourth-order valence-electron chi connectivity index (χ4n) is 4.42. The number of aliphatic hydroxyl groups is 1. The molecule has 0 radical (unpaired) electrons. The summed E-state index contributed by atoms with van der Waals surface area (Å²) in [6.07, 6.45) is 1.92. The lowest BCUT2D eigenvalue weighted by Gasteiger charge is -2.18. The Morgan fingerprint density at radius 3 is 2.86 bits per heavy atom. The lowest BCUT2D eigenvalue weighted by molar-refractivity contribution is 0.0248. The molecule has 0 bridgehead atoms. The number of hydrogen-bond donors (Lipinski definition) is 3. The standard InChI is InChI=1S/C24H27BrFN5O5S/c1-3-19(14-5-4-6-16(25)9-14)31-8-7-15(12-31)22(32)17-11-28-13-29-24(17)30-18-10-20(23(33)21(18)26)36-37(34,35)27-2/h4-9,11-13,18-21,23,27,33H,3,10H2,1-2H3,(H,28,29,30)/t18-,19+,20-,21-,23-/m1/s1. The van der Waals surface area contributed by atoms with Crippen LogP contribution >= 0.6 is 15.9 Å².